The van der Waals surface area contributed by atoms with Crippen LogP contribution in [0.2, 0.25) is 5.02 Å². The first-order valence-electron chi connectivity index (χ1n) is 5.65. The molecule has 1 aliphatic heterocycles. The Labute approximate surface area is 106 Å². The molecule has 3 nitrogen and oxygen atoms in total. The second kappa shape index (κ2) is 4.57. The Kier molecular flexibility index (Phi) is 3.29. The molecule has 0 N–H and O–H groups in total. The van der Waals surface area contributed by atoms with E-state index in [4.69, 9.17) is 21.1 Å². The highest BCUT2D eigenvalue weighted by Crippen LogP contribution is 2.43. The van der Waals surface area contributed by atoms with Gasteiger partial charge in [-0.3, -0.25) is 4.79 Å². The van der Waals surface area contributed by atoms with Crippen molar-refractivity contribution in [3.63, 3.8) is 0 Å². The van der Waals surface area contributed by atoms with Gasteiger partial charge in [0.1, 0.15) is 13.2 Å². The molecule has 1 aromatic rings. The fourth-order valence-electron chi connectivity index (χ4n) is 2.09. The number of hydrogen-bond donors (Lipinski definition) is 0. The normalized spacial score (nSPS) is 13.9. The van der Waals surface area contributed by atoms with Gasteiger partial charge in [0, 0.05) is 17.2 Å². The zero-order chi connectivity index (χ0) is 12.6. The summed E-state index contributed by atoms with van der Waals surface area (Å²) in [7, 11) is 0. The smallest absolute Gasteiger partial charge is 0.165 e. The van der Waals surface area contributed by atoms with Gasteiger partial charge < -0.3 is 9.47 Å². The third kappa shape index (κ3) is 2.12. The van der Waals surface area contributed by atoms with Crippen molar-refractivity contribution >= 4 is 17.4 Å². The summed E-state index contributed by atoms with van der Waals surface area (Å²) in [6.45, 7) is 6.56. The number of hydrogen-bond acceptors (Lipinski definition) is 3. The summed E-state index contributed by atoms with van der Waals surface area (Å²) in [5.74, 6) is 1.41. The van der Waals surface area contributed by atoms with Crippen molar-refractivity contribution in [1.82, 2.24) is 0 Å². The third-order valence-electron chi connectivity index (χ3n) is 2.75. The number of fused-ring (bicyclic) bond motifs is 1. The van der Waals surface area contributed by atoms with Crippen LogP contribution in [0.4, 0.5) is 0 Å². The molecule has 0 amide bonds. The number of Topliss-reactive ketones (excluding diaryl/α,β-unsaturated/α-hetero) is 1. The topological polar surface area (TPSA) is 35.5 Å². The Morgan fingerprint density at radius 3 is 2.59 bits per heavy atom. The summed E-state index contributed by atoms with van der Waals surface area (Å²) in [6, 6.07) is 1.67. The number of carbonyl (C=O) groups excluding carboxylic acids is 1. The predicted molar refractivity (Wildman–Crippen MR) is 66.5 cm³/mol. The molecule has 1 aromatic carbocycles. The molecule has 4 heteroatoms. The monoisotopic (exact) mass is 254 g/mol. The lowest BCUT2D eigenvalue weighted by Crippen LogP contribution is -2.18. The van der Waals surface area contributed by atoms with Gasteiger partial charge >= 0.3 is 0 Å². The van der Waals surface area contributed by atoms with E-state index in [0.29, 0.717) is 35.3 Å². The van der Waals surface area contributed by atoms with Crippen LogP contribution in [0.3, 0.4) is 0 Å². The van der Waals surface area contributed by atoms with Crippen LogP contribution < -0.4 is 9.47 Å². The molecule has 0 unspecified atom stereocenters. The molecule has 1 heterocycles. The maximum atomic E-state index is 11.7. The average Bonchev–Trinajstić information content (AvgIpc) is 2.26. The molecule has 0 radical (unpaired) electrons. The van der Waals surface area contributed by atoms with Crippen LogP contribution in [0, 0.1) is 0 Å². The van der Waals surface area contributed by atoms with Gasteiger partial charge in [-0.1, -0.05) is 25.4 Å². The molecule has 2 rings (SSSR count). The van der Waals surface area contributed by atoms with E-state index in [1.165, 1.54) is 6.92 Å². The maximum absolute atomic E-state index is 11.7. The van der Waals surface area contributed by atoms with Crippen LogP contribution in [0.25, 0.3) is 0 Å². The highest BCUT2D eigenvalue weighted by Gasteiger charge is 2.25. The molecule has 0 aliphatic carbocycles. The second-order valence-electron chi connectivity index (χ2n) is 4.38. The van der Waals surface area contributed by atoms with Crippen LogP contribution in [0.15, 0.2) is 6.07 Å². The lowest BCUT2D eigenvalue weighted by Gasteiger charge is -2.25. The summed E-state index contributed by atoms with van der Waals surface area (Å²) in [5, 5.41) is 0.436. The van der Waals surface area contributed by atoms with Crippen molar-refractivity contribution in [2.24, 2.45) is 0 Å². The van der Waals surface area contributed by atoms with Crippen LogP contribution in [0.1, 0.15) is 42.6 Å². The van der Waals surface area contributed by atoms with E-state index >= 15 is 0 Å². The van der Waals surface area contributed by atoms with Crippen LogP contribution in [0.5, 0.6) is 11.5 Å². The third-order valence-corrected chi connectivity index (χ3v) is 3.05. The van der Waals surface area contributed by atoms with Gasteiger partial charge in [0.15, 0.2) is 17.3 Å². The Morgan fingerprint density at radius 2 is 2.00 bits per heavy atom. The Bertz CT molecular complexity index is 466. The minimum absolute atomic E-state index is 0.0457. The number of halogens is 1. The zero-order valence-corrected chi connectivity index (χ0v) is 10.9. The van der Waals surface area contributed by atoms with E-state index < -0.39 is 0 Å². The minimum atomic E-state index is -0.0457. The highest BCUT2D eigenvalue weighted by atomic mass is 35.5. The fraction of sp³-hybridized carbons (Fsp3) is 0.462. The molecule has 17 heavy (non-hydrogen) atoms. The summed E-state index contributed by atoms with van der Waals surface area (Å²) in [6.07, 6.45) is 0. The van der Waals surface area contributed by atoms with Gasteiger partial charge in [-0.25, -0.2) is 0 Å². The van der Waals surface area contributed by atoms with Crippen LogP contribution in [-0.4, -0.2) is 19.0 Å². The van der Waals surface area contributed by atoms with Gasteiger partial charge in [0.25, 0.3) is 0 Å². The Balaban J connectivity index is 2.71. The van der Waals surface area contributed by atoms with E-state index in [9.17, 15) is 4.79 Å². The van der Waals surface area contributed by atoms with Crippen LogP contribution in [-0.2, 0) is 0 Å². The summed E-state index contributed by atoms with van der Waals surface area (Å²) >= 11 is 6.15. The van der Waals surface area contributed by atoms with Gasteiger partial charge in [-0.15, -0.1) is 0 Å². The number of ketones is 1. The highest BCUT2D eigenvalue weighted by molar-refractivity contribution is 6.34. The lowest BCUT2D eigenvalue weighted by atomic mass is 9.93. The first kappa shape index (κ1) is 12.2. The summed E-state index contributed by atoms with van der Waals surface area (Å²) in [5.41, 5.74) is 1.39. The van der Waals surface area contributed by atoms with Crippen molar-refractivity contribution in [2.45, 2.75) is 26.7 Å². The van der Waals surface area contributed by atoms with E-state index in [1.54, 1.807) is 6.07 Å². The van der Waals surface area contributed by atoms with E-state index in [2.05, 4.69) is 0 Å². The first-order chi connectivity index (χ1) is 8.02. The maximum Gasteiger partial charge on any atom is 0.165 e. The van der Waals surface area contributed by atoms with Gasteiger partial charge in [-0.2, -0.15) is 0 Å². The first-order valence-corrected chi connectivity index (χ1v) is 6.03. The fourth-order valence-corrected chi connectivity index (χ4v) is 2.42. The summed E-state index contributed by atoms with van der Waals surface area (Å²) < 4.78 is 11.1. The van der Waals surface area contributed by atoms with Gasteiger partial charge in [-0.05, 0) is 12.8 Å². The van der Waals surface area contributed by atoms with Crippen molar-refractivity contribution in [3.05, 3.63) is 22.2 Å². The standard InChI is InChI=1S/C13H15ClO3/c1-7(2)11-12(8(3)15)9(14)6-10-13(11)17-5-4-16-10/h6-7H,4-5H2,1-3H3. The minimum Gasteiger partial charge on any atom is -0.486 e. The quantitative estimate of drug-likeness (QED) is 0.759. The molecular weight excluding hydrogens is 240 g/mol. The second-order valence-corrected chi connectivity index (χ2v) is 4.79. The average molecular weight is 255 g/mol. The molecule has 0 spiro atoms. The van der Waals surface area contributed by atoms with Gasteiger partial charge in [0.05, 0.1) is 5.02 Å². The number of ether oxygens (including phenoxy) is 2. The number of carbonyl (C=O) groups is 1. The van der Waals surface area contributed by atoms with Crippen molar-refractivity contribution < 1.29 is 14.3 Å². The molecule has 0 fully saturated rings. The van der Waals surface area contributed by atoms with Crippen molar-refractivity contribution in [3.8, 4) is 11.5 Å². The molecular formula is C13H15ClO3. The van der Waals surface area contributed by atoms with Gasteiger partial charge in [0.2, 0.25) is 0 Å². The molecule has 1 aliphatic rings. The number of benzene rings is 1. The van der Waals surface area contributed by atoms with E-state index in [0.717, 1.165) is 5.56 Å². The van der Waals surface area contributed by atoms with E-state index in [-0.39, 0.29) is 11.7 Å². The number of rotatable bonds is 2. The lowest BCUT2D eigenvalue weighted by molar-refractivity contribution is 0.101. The molecule has 0 atom stereocenters. The van der Waals surface area contributed by atoms with Crippen molar-refractivity contribution in [1.29, 1.82) is 0 Å². The SMILES string of the molecule is CC(=O)c1c(Cl)cc2c(c1C(C)C)OCCO2. The predicted octanol–water partition coefficient (Wildman–Crippen LogP) is 3.44. The summed E-state index contributed by atoms with van der Waals surface area (Å²) in [4.78, 5) is 11.7. The Hall–Kier alpha value is -1.22. The Morgan fingerprint density at radius 1 is 1.35 bits per heavy atom. The molecule has 0 bridgehead atoms. The molecule has 0 saturated heterocycles. The largest absolute Gasteiger partial charge is 0.486 e. The zero-order valence-electron chi connectivity index (χ0n) is 10.2. The molecule has 0 aromatic heterocycles. The molecule has 0 saturated carbocycles. The molecule has 92 valence electrons. The van der Waals surface area contributed by atoms with Crippen LogP contribution >= 0.6 is 11.6 Å². The van der Waals surface area contributed by atoms with E-state index in [1.807, 2.05) is 13.8 Å². The van der Waals surface area contributed by atoms with Crippen molar-refractivity contribution in [2.75, 3.05) is 13.2 Å².